The fourth-order valence-electron chi connectivity index (χ4n) is 2.06. The predicted molar refractivity (Wildman–Crippen MR) is 96.2 cm³/mol. The first-order valence-corrected chi connectivity index (χ1v) is 7.84. The average molecular weight is 319 g/mol. The lowest BCUT2D eigenvalue weighted by Crippen LogP contribution is -2.12. The van der Waals surface area contributed by atoms with Gasteiger partial charge < -0.3 is 11.1 Å². The third kappa shape index (κ3) is 4.45. The van der Waals surface area contributed by atoms with Crippen LogP contribution in [-0.2, 0) is 6.42 Å². The zero-order chi connectivity index (χ0) is 15.2. The Bertz CT molecular complexity index is 623. The molecule has 0 radical (unpaired) electrons. The number of unbranched alkanes of at least 4 members (excludes halogenated alkanes) is 1. The molecule has 2 rings (SSSR count). The second-order valence-electron chi connectivity index (χ2n) is 4.99. The highest BCUT2D eigenvalue weighted by atomic mass is 35.5. The first kappa shape index (κ1) is 15.8. The summed E-state index contributed by atoms with van der Waals surface area (Å²) in [5, 5.41) is 3.83. The Morgan fingerprint density at radius 1 is 1.19 bits per heavy atom. The maximum Gasteiger partial charge on any atom is 0.113 e. The van der Waals surface area contributed by atoms with Crippen molar-refractivity contribution in [2.75, 3.05) is 11.1 Å². The van der Waals surface area contributed by atoms with Gasteiger partial charge in [0.2, 0.25) is 0 Å². The Morgan fingerprint density at radius 2 is 1.90 bits per heavy atom. The fourth-order valence-corrected chi connectivity index (χ4v) is 2.53. The van der Waals surface area contributed by atoms with Crippen LogP contribution >= 0.6 is 23.8 Å². The van der Waals surface area contributed by atoms with Crippen LogP contribution in [-0.4, -0.2) is 4.99 Å². The molecule has 2 nitrogen and oxygen atoms in total. The van der Waals surface area contributed by atoms with Gasteiger partial charge in [0.05, 0.1) is 0 Å². The summed E-state index contributed by atoms with van der Waals surface area (Å²) in [6.45, 7) is 2.20. The van der Waals surface area contributed by atoms with Crippen LogP contribution in [0.4, 0.5) is 11.4 Å². The van der Waals surface area contributed by atoms with Gasteiger partial charge >= 0.3 is 0 Å². The smallest absolute Gasteiger partial charge is 0.113 e. The van der Waals surface area contributed by atoms with Gasteiger partial charge in [-0.3, -0.25) is 0 Å². The number of hydrogen-bond donors (Lipinski definition) is 2. The van der Waals surface area contributed by atoms with E-state index in [1.54, 1.807) is 18.2 Å². The Labute approximate surface area is 136 Å². The zero-order valence-corrected chi connectivity index (χ0v) is 13.6. The van der Waals surface area contributed by atoms with Crippen molar-refractivity contribution in [3.8, 4) is 0 Å². The summed E-state index contributed by atoms with van der Waals surface area (Å²) in [6.07, 6.45) is 3.53. The maximum absolute atomic E-state index is 5.99. The third-order valence-corrected chi connectivity index (χ3v) is 3.85. The van der Waals surface area contributed by atoms with E-state index >= 15 is 0 Å². The Kier molecular flexibility index (Phi) is 5.59. The van der Waals surface area contributed by atoms with Gasteiger partial charge in [-0.05, 0) is 48.7 Å². The van der Waals surface area contributed by atoms with E-state index in [9.17, 15) is 0 Å². The summed E-state index contributed by atoms with van der Waals surface area (Å²) < 4.78 is 0. The number of nitrogens with two attached hydrogens (primary N) is 1. The van der Waals surface area contributed by atoms with E-state index in [2.05, 4.69) is 24.4 Å². The highest BCUT2D eigenvalue weighted by Gasteiger charge is 2.07. The molecular formula is C17H19ClN2S. The molecule has 0 aliphatic heterocycles. The first-order valence-electron chi connectivity index (χ1n) is 7.05. The summed E-state index contributed by atoms with van der Waals surface area (Å²) in [5.41, 5.74) is 9.62. The van der Waals surface area contributed by atoms with Crippen LogP contribution < -0.4 is 11.1 Å². The number of rotatable bonds is 5. The number of hydrogen-bond acceptors (Lipinski definition) is 2. The molecule has 0 aliphatic rings. The van der Waals surface area contributed by atoms with E-state index < -0.39 is 0 Å². The molecule has 0 aliphatic carbocycles. The van der Waals surface area contributed by atoms with Crippen molar-refractivity contribution in [3.63, 3.8) is 0 Å². The largest absolute Gasteiger partial charge is 0.398 e. The summed E-state index contributed by atoms with van der Waals surface area (Å²) >= 11 is 11.4. The summed E-state index contributed by atoms with van der Waals surface area (Å²) in [7, 11) is 0. The molecule has 0 amide bonds. The van der Waals surface area contributed by atoms with Gasteiger partial charge in [-0.25, -0.2) is 0 Å². The zero-order valence-electron chi connectivity index (χ0n) is 12.0. The first-order chi connectivity index (χ1) is 10.1. The van der Waals surface area contributed by atoms with E-state index in [-0.39, 0.29) is 0 Å². The average Bonchev–Trinajstić information content (AvgIpc) is 2.49. The minimum atomic E-state index is 0.580. The number of nitrogens with one attached hydrogen (secondary N) is 1. The Morgan fingerprint density at radius 3 is 2.57 bits per heavy atom. The van der Waals surface area contributed by atoms with Crippen LogP contribution in [0.1, 0.15) is 30.9 Å². The van der Waals surface area contributed by atoms with Crippen LogP contribution in [0.15, 0.2) is 42.5 Å². The molecular weight excluding hydrogens is 300 g/mol. The van der Waals surface area contributed by atoms with Crippen molar-refractivity contribution in [1.82, 2.24) is 0 Å². The molecule has 0 spiro atoms. The van der Waals surface area contributed by atoms with Crippen molar-refractivity contribution in [1.29, 1.82) is 0 Å². The number of nitrogen functional groups attached to an aromatic ring is 1. The van der Waals surface area contributed by atoms with Gasteiger partial charge in [0.15, 0.2) is 0 Å². The number of aryl methyl sites for hydroxylation is 1. The molecule has 0 saturated carbocycles. The van der Waals surface area contributed by atoms with Gasteiger partial charge in [0.25, 0.3) is 0 Å². The van der Waals surface area contributed by atoms with Crippen molar-refractivity contribution in [3.05, 3.63) is 58.6 Å². The number of benzene rings is 2. The fraction of sp³-hybridized carbons (Fsp3) is 0.235. The third-order valence-electron chi connectivity index (χ3n) is 3.29. The molecule has 0 aromatic heterocycles. The number of thiocarbonyl (C=S) groups is 1. The number of halogens is 1. The van der Waals surface area contributed by atoms with E-state index in [1.165, 1.54) is 18.4 Å². The van der Waals surface area contributed by atoms with Crippen LogP contribution in [0.3, 0.4) is 0 Å². The predicted octanol–water partition coefficient (Wildman–Crippen LogP) is 5.05. The van der Waals surface area contributed by atoms with Crippen molar-refractivity contribution in [2.45, 2.75) is 26.2 Å². The standard InChI is InChI=1S/C17H19ClN2S/c1-2-3-4-12-5-8-14(9-6-12)20-17(21)15-11-13(18)7-10-16(15)19/h5-11H,2-4,19H2,1H3,(H,20,21). The molecule has 2 aromatic carbocycles. The molecule has 0 fully saturated rings. The molecule has 0 unspecified atom stereocenters. The number of anilines is 2. The van der Waals surface area contributed by atoms with Gasteiger partial charge in [0.1, 0.15) is 4.99 Å². The molecule has 21 heavy (non-hydrogen) atoms. The lowest BCUT2D eigenvalue weighted by Gasteiger charge is -2.11. The van der Waals surface area contributed by atoms with Gasteiger partial charge in [0, 0.05) is 22.0 Å². The van der Waals surface area contributed by atoms with E-state index in [1.807, 2.05) is 12.1 Å². The molecule has 0 bridgehead atoms. The molecule has 0 saturated heterocycles. The van der Waals surface area contributed by atoms with Crippen molar-refractivity contribution < 1.29 is 0 Å². The second kappa shape index (κ2) is 7.43. The quantitative estimate of drug-likeness (QED) is 0.598. The van der Waals surface area contributed by atoms with Gasteiger partial charge in [-0.2, -0.15) is 0 Å². The van der Waals surface area contributed by atoms with E-state index in [0.29, 0.717) is 15.7 Å². The minimum Gasteiger partial charge on any atom is -0.398 e. The summed E-state index contributed by atoms with van der Waals surface area (Å²) in [4.78, 5) is 0.580. The van der Waals surface area contributed by atoms with Gasteiger partial charge in [-0.15, -0.1) is 0 Å². The lowest BCUT2D eigenvalue weighted by atomic mass is 10.1. The van der Waals surface area contributed by atoms with Crippen LogP contribution in [0.5, 0.6) is 0 Å². The molecule has 0 heterocycles. The van der Waals surface area contributed by atoms with Crippen molar-refractivity contribution in [2.24, 2.45) is 0 Å². The minimum absolute atomic E-state index is 0.580. The van der Waals surface area contributed by atoms with E-state index in [4.69, 9.17) is 29.6 Å². The van der Waals surface area contributed by atoms with Crippen molar-refractivity contribution >= 4 is 40.2 Å². The highest BCUT2D eigenvalue weighted by Crippen LogP contribution is 2.20. The van der Waals surface area contributed by atoms with Crippen LogP contribution in [0, 0.1) is 0 Å². The van der Waals surface area contributed by atoms with Gasteiger partial charge in [-0.1, -0.05) is 49.3 Å². The Balaban J connectivity index is 2.07. The molecule has 0 atom stereocenters. The highest BCUT2D eigenvalue weighted by molar-refractivity contribution is 7.81. The monoisotopic (exact) mass is 318 g/mol. The molecule has 3 N–H and O–H groups in total. The maximum atomic E-state index is 5.99. The molecule has 110 valence electrons. The molecule has 4 heteroatoms. The lowest BCUT2D eigenvalue weighted by molar-refractivity contribution is 0.795. The summed E-state index contributed by atoms with van der Waals surface area (Å²) in [6, 6.07) is 13.6. The second-order valence-corrected chi connectivity index (χ2v) is 5.83. The van der Waals surface area contributed by atoms with Crippen LogP contribution in [0.2, 0.25) is 5.02 Å². The summed E-state index contributed by atoms with van der Waals surface area (Å²) in [5.74, 6) is 0. The van der Waals surface area contributed by atoms with E-state index in [0.717, 1.165) is 17.7 Å². The topological polar surface area (TPSA) is 38.0 Å². The SMILES string of the molecule is CCCCc1ccc(NC(=S)c2cc(Cl)ccc2N)cc1. The van der Waals surface area contributed by atoms with Crippen LogP contribution in [0.25, 0.3) is 0 Å². The molecule has 2 aromatic rings. The normalized spacial score (nSPS) is 10.4. The Hall–Kier alpha value is -1.58.